The van der Waals surface area contributed by atoms with E-state index >= 15 is 0 Å². The Morgan fingerprint density at radius 3 is 2.85 bits per heavy atom. The number of hydrogen-bond donors (Lipinski definition) is 2. The zero-order valence-corrected chi connectivity index (χ0v) is 23.2. The Morgan fingerprint density at radius 2 is 2.02 bits per heavy atom. The van der Waals surface area contributed by atoms with Crippen molar-refractivity contribution in [1.29, 1.82) is 0 Å². The number of likely N-dealkylation sites (tertiary alicyclic amines) is 1. The Kier molecular flexibility index (Phi) is 6.60. The van der Waals surface area contributed by atoms with Crippen LogP contribution in [0.1, 0.15) is 36.0 Å². The van der Waals surface area contributed by atoms with Gasteiger partial charge in [0.2, 0.25) is 0 Å². The van der Waals surface area contributed by atoms with Crippen LogP contribution in [0.3, 0.4) is 0 Å². The fourth-order valence-corrected chi connectivity index (χ4v) is 7.42. The highest BCUT2D eigenvalue weighted by Gasteiger charge is 2.30. The summed E-state index contributed by atoms with van der Waals surface area (Å²) in [5, 5.41) is 12.6. The third kappa shape index (κ3) is 4.69. The first-order valence-corrected chi connectivity index (χ1v) is 14.7. The number of carbonyl (C=O) groups excluding carboxylic acids is 1. The molecule has 0 spiro atoms. The first-order valence-electron chi connectivity index (χ1n) is 13.9. The molecular weight excluding hydrogens is 528 g/mol. The van der Waals surface area contributed by atoms with E-state index in [1.165, 1.54) is 37.0 Å². The number of nitrogens with one attached hydrogen (secondary N) is 2. The topological polar surface area (TPSA) is 122 Å². The van der Waals surface area contributed by atoms with Crippen molar-refractivity contribution < 1.29 is 9.53 Å². The third-order valence-electron chi connectivity index (χ3n) is 8.24. The number of pyridine rings is 2. The molecule has 2 unspecified atom stereocenters. The van der Waals surface area contributed by atoms with Crippen molar-refractivity contribution in [3.63, 3.8) is 0 Å². The number of aromatic nitrogens is 6. The summed E-state index contributed by atoms with van der Waals surface area (Å²) in [7, 11) is 1.66. The molecule has 208 valence electrons. The number of hydrogen-bond acceptors (Lipinski definition) is 8. The third-order valence-corrected chi connectivity index (χ3v) is 9.39. The van der Waals surface area contributed by atoms with Gasteiger partial charge in [-0.25, -0.2) is 4.52 Å². The SMILES string of the molecule is COCCn1cc(-c2cn3nc4c5ncc(C(=O)NCCN6CC7CCCC(C7)C6)cc5[nH]c(=O)c4c3s2)cn1. The molecule has 12 heteroatoms. The number of fused-ring (bicyclic) bond motifs is 7. The zero-order chi connectivity index (χ0) is 27.2. The maximum absolute atomic E-state index is 13.2. The van der Waals surface area contributed by atoms with Crippen LogP contribution in [0.4, 0.5) is 0 Å². The summed E-state index contributed by atoms with van der Waals surface area (Å²) in [6.45, 7) is 4.98. The minimum atomic E-state index is -0.253. The molecule has 0 radical (unpaired) electrons. The van der Waals surface area contributed by atoms with Crippen LogP contribution in [0.15, 0.2) is 35.6 Å². The lowest BCUT2D eigenvalue weighted by Gasteiger charge is -2.41. The summed E-state index contributed by atoms with van der Waals surface area (Å²) in [5.41, 5.74) is 2.71. The van der Waals surface area contributed by atoms with Gasteiger partial charge in [0.15, 0.2) is 0 Å². The predicted octanol–water partition coefficient (Wildman–Crippen LogP) is 3.15. The fraction of sp³-hybridized carbons (Fsp3) is 0.464. The van der Waals surface area contributed by atoms with Crippen LogP contribution in [0.5, 0.6) is 0 Å². The summed E-state index contributed by atoms with van der Waals surface area (Å²) < 4.78 is 8.68. The van der Waals surface area contributed by atoms with E-state index in [-0.39, 0.29) is 11.5 Å². The van der Waals surface area contributed by atoms with E-state index in [1.807, 2.05) is 17.1 Å². The van der Waals surface area contributed by atoms with Crippen LogP contribution in [-0.4, -0.2) is 80.1 Å². The van der Waals surface area contributed by atoms with Crippen molar-refractivity contribution in [1.82, 2.24) is 39.6 Å². The lowest BCUT2D eigenvalue weighted by Crippen LogP contribution is -2.45. The number of H-pyrrole nitrogens is 1. The van der Waals surface area contributed by atoms with Gasteiger partial charge >= 0.3 is 0 Å². The molecule has 7 rings (SSSR count). The first kappa shape index (κ1) is 25.4. The lowest BCUT2D eigenvalue weighted by molar-refractivity contribution is 0.0826. The van der Waals surface area contributed by atoms with Gasteiger partial charge in [0, 0.05) is 57.4 Å². The van der Waals surface area contributed by atoms with Crippen LogP contribution < -0.4 is 10.9 Å². The molecule has 2 fully saturated rings. The quantitative estimate of drug-likeness (QED) is 0.299. The molecule has 1 saturated heterocycles. The number of aromatic amines is 1. The summed E-state index contributed by atoms with van der Waals surface area (Å²) >= 11 is 1.48. The van der Waals surface area contributed by atoms with Crippen molar-refractivity contribution in [2.75, 3.05) is 39.9 Å². The molecule has 2 atom stereocenters. The molecule has 5 aromatic rings. The molecule has 1 saturated carbocycles. The van der Waals surface area contributed by atoms with E-state index in [0.29, 0.717) is 47.2 Å². The smallest absolute Gasteiger partial charge is 0.261 e. The van der Waals surface area contributed by atoms with E-state index in [1.54, 1.807) is 30.1 Å². The second-order valence-electron chi connectivity index (χ2n) is 11.0. The maximum Gasteiger partial charge on any atom is 0.261 e. The number of methoxy groups -OCH3 is 1. The molecule has 1 aliphatic carbocycles. The normalized spacial score (nSPS) is 19.6. The molecule has 2 aliphatic rings. The molecule has 40 heavy (non-hydrogen) atoms. The first-order chi connectivity index (χ1) is 19.6. The molecule has 2 N–H and O–H groups in total. The van der Waals surface area contributed by atoms with Gasteiger partial charge in [0.05, 0.1) is 35.3 Å². The number of piperidine rings is 1. The maximum atomic E-state index is 13.2. The number of ether oxygens (including phenoxy) is 1. The highest BCUT2D eigenvalue weighted by molar-refractivity contribution is 7.21. The van der Waals surface area contributed by atoms with Crippen LogP contribution in [-0.2, 0) is 11.3 Å². The minimum Gasteiger partial charge on any atom is -0.383 e. The van der Waals surface area contributed by atoms with Crippen molar-refractivity contribution in [2.45, 2.75) is 32.2 Å². The molecule has 2 bridgehead atoms. The molecule has 1 amide bonds. The van der Waals surface area contributed by atoms with E-state index in [0.717, 1.165) is 46.7 Å². The monoisotopic (exact) mass is 560 g/mol. The van der Waals surface area contributed by atoms with E-state index < -0.39 is 0 Å². The van der Waals surface area contributed by atoms with Gasteiger partial charge in [-0.15, -0.1) is 11.3 Å². The summed E-state index contributed by atoms with van der Waals surface area (Å²) in [5.74, 6) is 1.45. The Balaban J connectivity index is 1.09. The van der Waals surface area contributed by atoms with E-state index in [2.05, 4.69) is 25.3 Å². The van der Waals surface area contributed by atoms with Crippen molar-refractivity contribution >= 4 is 44.0 Å². The molecule has 5 aromatic heterocycles. The second kappa shape index (κ2) is 10.4. The zero-order valence-electron chi connectivity index (χ0n) is 22.4. The van der Waals surface area contributed by atoms with Crippen molar-refractivity contribution in [3.8, 4) is 10.4 Å². The number of rotatable bonds is 8. The number of carbonyl (C=O) groups is 1. The van der Waals surface area contributed by atoms with Crippen molar-refractivity contribution in [3.05, 3.63) is 46.8 Å². The van der Waals surface area contributed by atoms with E-state index in [9.17, 15) is 9.59 Å². The van der Waals surface area contributed by atoms with Crippen molar-refractivity contribution in [2.24, 2.45) is 11.8 Å². The van der Waals surface area contributed by atoms with Gasteiger partial charge in [-0.1, -0.05) is 6.42 Å². The molecule has 11 nitrogen and oxygen atoms in total. The standard InChI is InChI=1S/C28H32N8O3S/c1-39-8-7-35-15-20(12-31-35)22-16-36-28(40-22)23-25(33-36)24-21(32-27(23)38)10-19(11-30-24)26(37)29-5-6-34-13-17-3-2-4-18(9-17)14-34/h10-12,15-18H,2-9,13-14H2,1H3,(H,29,37)(H,32,38). The summed E-state index contributed by atoms with van der Waals surface area (Å²) in [4.78, 5) is 37.8. The average molecular weight is 561 g/mol. The summed E-state index contributed by atoms with van der Waals surface area (Å²) in [6.07, 6.45) is 12.6. The Bertz CT molecular complexity index is 1760. The summed E-state index contributed by atoms with van der Waals surface area (Å²) in [6, 6.07) is 1.69. The Hall–Kier alpha value is -3.61. The highest BCUT2D eigenvalue weighted by atomic mass is 32.1. The Labute approximate surface area is 234 Å². The van der Waals surface area contributed by atoms with Gasteiger partial charge in [-0.3, -0.25) is 19.3 Å². The van der Waals surface area contributed by atoms with Gasteiger partial charge < -0.3 is 19.9 Å². The molecular formula is C28H32N8O3S. The largest absolute Gasteiger partial charge is 0.383 e. The van der Waals surface area contributed by atoms with Crippen LogP contribution in [0, 0.1) is 11.8 Å². The van der Waals surface area contributed by atoms with E-state index in [4.69, 9.17) is 9.84 Å². The molecule has 1 aliphatic heterocycles. The second-order valence-corrected chi connectivity index (χ2v) is 12.1. The van der Waals surface area contributed by atoms with Crippen LogP contribution in [0.2, 0.25) is 0 Å². The number of nitrogens with zero attached hydrogens (tertiary/aromatic N) is 6. The highest BCUT2D eigenvalue weighted by Crippen LogP contribution is 2.34. The van der Waals surface area contributed by atoms with Gasteiger partial charge in [-0.05, 0) is 37.2 Å². The number of amides is 1. The minimum absolute atomic E-state index is 0.186. The Morgan fingerprint density at radius 1 is 1.18 bits per heavy atom. The fourth-order valence-electron chi connectivity index (χ4n) is 6.36. The van der Waals surface area contributed by atoms with Gasteiger partial charge in [-0.2, -0.15) is 10.2 Å². The lowest BCUT2D eigenvalue weighted by atomic mass is 9.78. The average Bonchev–Trinajstić information content (AvgIpc) is 3.66. The van der Waals surface area contributed by atoms with Crippen LogP contribution in [0.25, 0.3) is 37.2 Å². The van der Waals surface area contributed by atoms with Crippen LogP contribution >= 0.6 is 11.3 Å². The molecule has 6 heterocycles. The van der Waals surface area contributed by atoms with Gasteiger partial charge in [0.25, 0.3) is 11.5 Å². The number of thiazole rings is 1. The molecule has 0 aromatic carbocycles. The predicted molar refractivity (Wildman–Crippen MR) is 154 cm³/mol. The van der Waals surface area contributed by atoms with Gasteiger partial charge in [0.1, 0.15) is 21.3 Å².